The number of nitrogens with zero attached hydrogens (tertiary/aromatic N) is 1. The smallest absolute Gasteiger partial charge is 0.374 e. The van der Waals surface area contributed by atoms with Gasteiger partial charge in [-0.1, -0.05) is 0 Å². The van der Waals surface area contributed by atoms with Gasteiger partial charge >= 0.3 is 6.18 Å². The molecule has 4 saturated heterocycles. The standard InChI is InChI=1S/C23H27F3N2O3/c1-12-8-14(23(24,25)26)2-6-19(12)27-21(29)13-9-15-3-4-16(10-13)28(15)22(30)18-11-17-5-7-20(18)31-17/h2,6,8,13,15-18,20H,3-5,7,9-11H2,1H3,(H,27,29)/t15-,16-,17-,18-,20-/m0/s1. The van der Waals surface area contributed by atoms with E-state index in [1.54, 1.807) is 6.92 Å². The molecule has 0 radical (unpaired) electrons. The number of nitrogens with one attached hydrogen (secondary N) is 1. The maximum absolute atomic E-state index is 13.2. The molecular weight excluding hydrogens is 409 g/mol. The average molecular weight is 436 g/mol. The van der Waals surface area contributed by atoms with Crippen molar-refractivity contribution < 1.29 is 27.5 Å². The van der Waals surface area contributed by atoms with Crippen LogP contribution in [0.5, 0.6) is 0 Å². The summed E-state index contributed by atoms with van der Waals surface area (Å²) in [6.07, 6.45) is 1.72. The molecule has 5 nitrogen and oxygen atoms in total. The van der Waals surface area contributed by atoms with E-state index in [4.69, 9.17) is 4.74 Å². The molecule has 4 aliphatic heterocycles. The zero-order chi connectivity index (χ0) is 21.9. The van der Waals surface area contributed by atoms with Crippen molar-refractivity contribution in [3.8, 4) is 0 Å². The Balaban J connectivity index is 1.24. The number of aryl methyl sites for hydroxylation is 1. The van der Waals surface area contributed by atoms with Gasteiger partial charge < -0.3 is 15.0 Å². The van der Waals surface area contributed by atoms with Gasteiger partial charge in [-0.25, -0.2) is 0 Å². The van der Waals surface area contributed by atoms with Gasteiger partial charge in [0, 0.05) is 23.7 Å². The number of hydrogen-bond donors (Lipinski definition) is 1. The highest BCUT2D eigenvalue weighted by Gasteiger charge is 2.51. The second-order valence-electron chi connectivity index (χ2n) is 9.53. The number of alkyl halides is 3. The van der Waals surface area contributed by atoms with Crippen LogP contribution in [0.4, 0.5) is 18.9 Å². The van der Waals surface area contributed by atoms with Gasteiger partial charge in [0.25, 0.3) is 0 Å². The van der Waals surface area contributed by atoms with Crippen molar-refractivity contribution in [2.24, 2.45) is 11.8 Å². The summed E-state index contributed by atoms with van der Waals surface area (Å²) in [6, 6.07) is 3.49. The van der Waals surface area contributed by atoms with E-state index in [9.17, 15) is 22.8 Å². The minimum absolute atomic E-state index is 0.0398. The van der Waals surface area contributed by atoms with Crippen molar-refractivity contribution in [3.63, 3.8) is 0 Å². The summed E-state index contributed by atoms with van der Waals surface area (Å²) in [7, 11) is 0. The molecule has 4 fully saturated rings. The number of anilines is 1. The number of ether oxygens (including phenoxy) is 1. The van der Waals surface area contributed by atoms with Crippen molar-refractivity contribution in [1.29, 1.82) is 0 Å². The molecular formula is C23H27F3N2O3. The van der Waals surface area contributed by atoms with Crippen LogP contribution in [0.1, 0.15) is 56.1 Å². The second kappa shape index (κ2) is 7.50. The third-order valence-electron chi connectivity index (χ3n) is 7.59. The van der Waals surface area contributed by atoms with Gasteiger partial charge in [-0.2, -0.15) is 13.2 Å². The van der Waals surface area contributed by atoms with Crippen LogP contribution in [0, 0.1) is 18.8 Å². The first-order chi connectivity index (χ1) is 14.7. The summed E-state index contributed by atoms with van der Waals surface area (Å²) in [6.45, 7) is 1.56. The Labute approximate surface area is 179 Å². The molecule has 1 aromatic carbocycles. The zero-order valence-corrected chi connectivity index (χ0v) is 17.5. The Hall–Kier alpha value is -2.09. The topological polar surface area (TPSA) is 58.6 Å². The maximum Gasteiger partial charge on any atom is 0.416 e. The number of piperidine rings is 1. The van der Waals surface area contributed by atoms with Crippen LogP contribution in [0.25, 0.3) is 0 Å². The van der Waals surface area contributed by atoms with E-state index in [0.717, 1.165) is 44.2 Å². The van der Waals surface area contributed by atoms with Gasteiger partial charge in [0.15, 0.2) is 0 Å². The van der Waals surface area contributed by atoms with Crippen LogP contribution in [0.15, 0.2) is 18.2 Å². The number of amides is 2. The van der Waals surface area contributed by atoms with Crippen LogP contribution >= 0.6 is 0 Å². The summed E-state index contributed by atoms with van der Waals surface area (Å²) in [5.74, 6) is -0.256. The third kappa shape index (κ3) is 3.73. The molecule has 0 aromatic heterocycles. The highest BCUT2D eigenvalue weighted by atomic mass is 19.4. The Kier molecular flexibility index (Phi) is 5.03. The molecule has 168 valence electrons. The lowest BCUT2D eigenvalue weighted by molar-refractivity contribution is -0.144. The van der Waals surface area contributed by atoms with Crippen LogP contribution in [0.3, 0.4) is 0 Å². The van der Waals surface area contributed by atoms with Crippen LogP contribution in [0.2, 0.25) is 0 Å². The van der Waals surface area contributed by atoms with Crippen molar-refractivity contribution in [2.45, 2.75) is 82.3 Å². The van der Waals surface area contributed by atoms with E-state index in [-0.39, 0.29) is 47.9 Å². The normalized spacial score (nSPS) is 34.3. The van der Waals surface area contributed by atoms with Gasteiger partial charge in [-0.3, -0.25) is 9.59 Å². The summed E-state index contributed by atoms with van der Waals surface area (Å²) in [4.78, 5) is 28.2. The van der Waals surface area contributed by atoms with Gasteiger partial charge in [-0.15, -0.1) is 0 Å². The van der Waals surface area contributed by atoms with Crippen molar-refractivity contribution >= 4 is 17.5 Å². The molecule has 1 aromatic rings. The maximum atomic E-state index is 13.2. The van der Waals surface area contributed by atoms with Gasteiger partial charge in [-0.05, 0) is 75.6 Å². The van der Waals surface area contributed by atoms with Crippen LogP contribution in [-0.2, 0) is 20.5 Å². The Bertz CT molecular complexity index is 889. The summed E-state index contributed by atoms with van der Waals surface area (Å²) >= 11 is 0. The number of halogens is 3. The first-order valence-corrected chi connectivity index (χ1v) is 11.2. The van der Waals surface area contributed by atoms with Gasteiger partial charge in [0.05, 0.1) is 23.7 Å². The Morgan fingerprint density at radius 1 is 1.06 bits per heavy atom. The molecule has 0 unspecified atom stereocenters. The molecule has 0 saturated carbocycles. The van der Waals surface area contributed by atoms with E-state index < -0.39 is 11.7 Å². The number of rotatable bonds is 3. The minimum Gasteiger partial charge on any atom is -0.374 e. The predicted octanol–water partition coefficient (Wildman–Crippen LogP) is 4.29. The van der Waals surface area contributed by atoms with E-state index in [0.29, 0.717) is 24.1 Å². The lowest BCUT2D eigenvalue weighted by atomic mass is 9.85. The summed E-state index contributed by atoms with van der Waals surface area (Å²) in [5, 5.41) is 2.82. The Morgan fingerprint density at radius 3 is 2.32 bits per heavy atom. The molecule has 1 N–H and O–H groups in total. The number of carbonyl (C=O) groups excluding carboxylic acids is 2. The monoisotopic (exact) mass is 436 g/mol. The lowest BCUT2D eigenvalue weighted by Crippen LogP contribution is -2.51. The number of benzene rings is 1. The van der Waals surface area contributed by atoms with E-state index in [1.165, 1.54) is 6.07 Å². The molecule has 5 atom stereocenters. The first-order valence-electron chi connectivity index (χ1n) is 11.2. The molecule has 4 heterocycles. The van der Waals surface area contributed by atoms with Crippen molar-refractivity contribution in [1.82, 2.24) is 4.90 Å². The average Bonchev–Trinajstić information content (AvgIpc) is 3.41. The van der Waals surface area contributed by atoms with Crippen molar-refractivity contribution in [3.05, 3.63) is 29.3 Å². The number of hydrogen-bond acceptors (Lipinski definition) is 3. The molecule has 5 rings (SSSR count). The molecule has 0 aliphatic carbocycles. The second-order valence-corrected chi connectivity index (χ2v) is 9.53. The minimum atomic E-state index is -4.41. The molecule has 8 heteroatoms. The predicted molar refractivity (Wildman–Crippen MR) is 107 cm³/mol. The fraction of sp³-hybridized carbons (Fsp3) is 0.652. The van der Waals surface area contributed by atoms with Gasteiger partial charge in [0.1, 0.15) is 0 Å². The molecule has 31 heavy (non-hydrogen) atoms. The largest absolute Gasteiger partial charge is 0.416 e. The lowest BCUT2D eigenvalue weighted by Gasteiger charge is -2.40. The molecule has 4 aliphatic rings. The fourth-order valence-electron chi connectivity index (χ4n) is 6.06. The van der Waals surface area contributed by atoms with Crippen molar-refractivity contribution in [2.75, 3.05) is 5.32 Å². The first kappa shape index (κ1) is 20.8. The molecule has 0 spiro atoms. The highest BCUT2D eigenvalue weighted by molar-refractivity contribution is 5.93. The zero-order valence-electron chi connectivity index (χ0n) is 17.5. The van der Waals surface area contributed by atoms with Crippen LogP contribution < -0.4 is 5.32 Å². The quantitative estimate of drug-likeness (QED) is 0.769. The molecule has 2 amide bonds. The molecule has 4 bridgehead atoms. The fourth-order valence-corrected chi connectivity index (χ4v) is 6.06. The SMILES string of the molecule is Cc1cc(C(F)(F)F)ccc1NC(=O)C1C[C@@H]2CC[C@@H](C1)N2C(=O)[C@H]1C[C@@H]2CC[C@@H]1O2. The Morgan fingerprint density at radius 2 is 1.77 bits per heavy atom. The number of carbonyl (C=O) groups is 2. The summed E-state index contributed by atoms with van der Waals surface area (Å²) < 4.78 is 44.5. The third-order valence-corrected chi connectivity index (χ3v) is 7.59. The summed E-state index contributed by atoms with van der Waals surface area (Å²) in [5.41, 5.74) is 0.0653. The van der Waals surface area contributed by atoms with E-state index >= 15 is 0 Å². The van der Waals surface area contributed by atoms with E-state index in [1.807, 2.05) is 4.90 Å². The van der Waals surface area contributed by atoms with E-state index in [2.05, 4.69) is 5.32 Å². The van der Waals surface area contributed by atoms with Crippen LogP contribution in [-0.4, -0.2) is 41.0 Å². The van der Waals surface area contributed by atoms with Gasteiger partial charge in [0.2, 0.25) is 11.8 Å². The highest BCUT2D eigenvalue weighted by Crippen LogP contribution is 2.45. The number of fused-ring (bicyclic) bond motifs is 4.